The number of hydrogen-bond acceptors (Lipinski definition) is 7. The molecule has 1 amide bonds. The van der Waals surface area contributed by atoms with Gasteiger partial charge in [-0.2, -0.15) is 5.21 Å². The minimum atomic E-state index is -1.32. The summed E-state index contributed by atoms with van der Waals surface area (Å²) in [6.07, 6.45) is 2.18. The Morgan fingerprint density at radius 2 is 1.70 bits per heavy atom. The first-order valence-electron chi connectivity index (χ1n) is 14.5. The second-order valence-corrected chi connectivity index (χ2v) is 10.9. The van der Waals surface area contributed by atoms with Crippen molar-refractivity contribution >= 4 is 17.5 Å². The Hall–Kier alpha value is -5.25. The lowest BCUT2D eigenvalue weighted by Gasteiger charge is -2.29. The minimum absolute atomic E-state index is 0.363. The van der Waals surface area contributed by atoms with Crippen LogP contribution in [0, 0.1) is 5.92 Å². The summed E-state index contributed by atoms with van der Waals surface area (Å²) >= 11 is 0. The molecule has 1 fully saturated rings. The smallest absolute Gasteiger partial charge is 0.242 e. The topological polar surface area (TPSA) is 127 Å². The number of tetrazole rings is 1. The van der Waals surface area contributed by atoms with Gasteiger partial charge in [0.05, 0.1) is 11.4 Å². The van der Waals surface area contributed by atoms with Crippen LogP contribution in [0.1, 0.15) is 52.5 Å². The number of Topliss-reactive ketones (excluding diaryl/α,β-unsaturated/α-hetero) is 2. The Kier molecular flexibility index (Phi) is 6.73. The van der Waals surface area contributed by atoms with E-state index in [4.69, 9.17) is 4.98 Å². The second kappa shape index (κ2) is 10.9. The van der Waals surface area contributed by atoms with Crippen LogP contribution in [-0.2, 0) is 29.0 Å². The molecular weight excluding hydrogens is 542 g/mol. The Bertz CT molecular complexity index is 1830. The fourth-order valence-corrected chi connectivity index (χ4v) is 6.31. The van der Waals surface area contributed by atoms with Crippen molar-refractivity contribution in [3.05, 3.63) is 107 Å². The van der Waals surface area contributed by atoms with Crippen molar-refractivity contribution in [2.24, 2.45) is 5.92 Å². The molecule has 1 saturated heterocycles. The van der Waals surface area contributed by atoms with Gasteiger partial charge in [-0.05, 0) is 28.3 Å². The molecule has 7 rings (SSSR count). The number of H-pyrrole nitrogens is 1. The molecule has 2 aliphatic heterocycles. The van der Waals surface area contributed by atoms with Crippen molar-refractivity contribution in [3.63, 3.8) is 0 Å². The van der Waals surface area contributed by atoms with Gasteiger partial charge in [-0.25, -0.2) is 4.98 Å². The summed E-state index contributed by atoms with van der Waals surface area (Å²) in [5.41, 5.74) is 5.85. The van der Waals surface area contributed by atoms with Crippen molar-refractivity contribution in [2.45, 2.75) is 38.8 Å². The molecule has 0 saturated carbocycles. The van der Waals surface area contributed by atoms with Crippen molar-refractivity contribution < 1.29 is 14.4 Å². The normalized spacial score (nSPS) is 17.7. The number of aromatic amines is 1. The first kappa shape index (κ1) is 26.6. The maximum Gasteiger partial charge on any atom is 0.242 e. The van der Waals surface area contributed by atoms with Gasteiger partial charge in [0.15, 0.2) is 17.5 Å². The van der Waals surface area contributed by atoms with E-state index in [1.165, 1.54) is 0 Å². The van der Waals surface area contributed by atoms with Crippen molar-refractivity contribution in [1.29, 1.82) is 0 Å². The predicted octanol–water partition coefficient (Wildman–Crippen LogP) is 4.24. The highest BCUT2D eigenvalue weighted by atomic mass is 16.2. The van der Waals surface area contributed by atoms with E-state index in [2.05, 4.69) is 56.4 Å². The number of hydrogen-bond donors (Lipinski definition) is 1. The van der Waals surface area contributed by atoms with Gasteiger partial charge in [0.25, 0.3) is 0 Å². The number of nitrogens with one attached hydrogen (secondary N) is 1. The Balaban J connectivity index is 1.22. The zero-order valence-corrected chi connectivity index (χ0v) is 23.6. The molecule has 0 aliphatic carbocycles. The van der Waals surface area contributed by atoms with E-state index in [0.717, 1.165) is 52.3 Å². The van der Waals surface area contributed by atoms with E-state index in [-0.39, 0.29) is 5.78 Å². The third-order valence-corrected chi connectivity index (χ3v) is 8.32. The number of amides is 1. The molecule has 10 nitrogen and oxygen atoms in total. The van der Waals surface area contributed by atoms with Crippen LogP contribution in [-0.4, -0.2) is 59.1 Å². The number of ketones is 2. The Morgan fingerprint density at radius 3 is 2.42 bits per heavy atom. The molecule has 43 heavy (non-hydrogen) atoms. The lowest BCUT2D eigenvalue weighted by Crippen LogP contribution is -2.37. The number of carbonyl (C=O) groups is 3. The van der Waals surface area contributed by atoms with E-state index in [9.17, 15) is 14.4 Å². The van der Waals surface area contributed by atoms with Gasteiger partial charge in [-0.1, -0.05) is 85.8 Å². The highest BCUT2D eigenvalue weighted by Gasteiger charge is 2.54. The summed E-state index contributed by atoms with van der Waals surface area (Å²) in [7, 11) is 0. The van der Waals surface area contributed by atoms with Crippen molar-refractivity contribution in [1.82, 2.24) is 35.1 Å². The molecule has 2 unspecified atom stereocenters. The molecule has 2 atom stereocenters. The molecular formula is C33H29N7O3. The van der Waals surface area contributed by atoms with Crippen LogP contribution in [0.3, 0.4) is 0 Å². The highest BCUT2D eigenvalue weighted by Crippen LogP contribution is 2.40. The lowest BCUT2D eigenvalue weighted by atomic mass is 9.92. The maximum atomic E-state index is 13.9. The fourth-order valence-electron chi connectivity index (χ4n) is 6.31. The molecule has 2 aromatic heterocycles. The number of aryl methyl sites for hydroxylation is 1. The number of nitrogens with zero attached hydrogens (tertiary/aromatic N) is 6. The Labute approximate surface area is 247 Å². The first-order chi connectivity index (χ1) is 21.0. The van der Waals surface area contributed by atoms with Crippen LogP contribution in [0.15, 0.2) is 78.9 Å². The SMILES string of the molecule is CCCc1nc2c(n1Cc1ccc(-c3ccccc3-c3nn[nH]n3)cc1)C1C(=O)C(C(=O)c3ccccc3)C(=O)N1CC2. The quantitative estimate of drug-likeness (QED) is 0.218. The molecule has 214 valence electrons. The average Bonchev–Trinajstić information content (AvgIpc) is 3.76. The maximum absolute atomic E-state index is 13.9. The van der Waals surface area contributed by atoms with Gasteiger partial charge in [0, 0.05) is 37.1 Å². The zero-order chi connectivity index (χ0) is 29.5. The Morgan fingerprint density at radius 1 is 0.953 bits per heavy atom. The number of benzene rings is 3. The minimum Gasteiger partial charge on any atom is -0.325 e. The van der Waals surface area contributed by atoms with Gasteiger partial charge in [-0.3, -0.25) is 14.4 Å². The number of rotatable bonds is 8. The third-order valence-electron chi connectivity index (χ3n) is 8.32. The van der Waals surface area contributed by atoms with E-state index in [1.807, 2.05) is 24.3 Å². The highest BCUT2D eigenvalue weighted by molar-refractivity contribution is 6.28. The molecule has 10 heteroatoms. The van der Waals surface area contributed by atoms with Gasteiger partial charge < -0.3 is 9.47 Å². The van der Waals surface area contributed by atoms with Gasteiger partial charge in [0.1, 0.15) is 11.9 Å². The molecule has 5 aromatic rings. The van der Waals surface area contributed by atoms with Crippen molar-refractivity contribution in [2.75, 3.05) is 6.54 Å². The van der Waals surface area contributed by atoms with Crippen LogP contribution in [0.4, 0.5) is 0 Å². The largest absolute Gasteiger partial charge is 0.325 e. The zero-order valence-electron chi connectivity index (χ0n) is 23.6. The third kappa shape index (κ3) is 4.55. The average molecular weight is 572 g/mol. The molecule has 0 bridgehead atoms. The van der Waals surface area contributed by atoms with Crippen LogP contribution in [0.2, 0.25) is 0 Å². The lowest BCUT2D eigenvalue weighted by molar-refractivity contribution is -0.131. The summed E-state index contributed by atoms with van der Waals surface area (Å²) < 4.78 is 2.10. The van der Waals surface area contributed by atoms with Crippen LogP contribution in [0.5, 0.6) is 0 Å². The van der Waals surface area contributed by atoms with E-state index in [1.54, 1.807) is 35.2 Å². The predicted molar refractivity (Wildman–Crippen MR) is 158 cm³/mol. The van der Waals surface area contributed by atoms with E-state index < -0.39 is 23.7 Å². The summed E-state index contributed by atoms with van der Waals surface area (Å²) in [6, 6.07) is 23.9. The number of carbonyl (C=O) groups excluding carboxylic acids is 3. The number of fused-ring (bicyclic) bond motifs is 3. The summed E-state index contributed by atoms with van der Waals surface area (Å²) in [5.74, 6) is -1.13. The van der Waals surface area contributed by atoms with Gasteiger partial charge in [0.2, 0.25) is 11.7 Å². The standard InChI is InChI=1S/C33H29N7O3/c1-2-8-26-34-25-17-18-39-29(31(42)27(33(39)43)30(41)22-9-4-3-5-10-22)28(25)40(26)19-20-13-15-21(16-14-20)23-11-6-7-12-24(23)32-35-37-38-36-32/h3-7,9-16,27,29H,2,8,17-19H2,1H3,(H,35,36,37,38). The first-order valence-corrected chi connectivity index (χ1v) is 14.5. The second-order valence-electron chi connectivity index (χ2n) is 10.9. The van der Waals surface area contributed by atoms with Gasteiger partial charge in [-0.15, -0.1) is 10.2 Å². The monoisotopic (exact) mass is 571 g/mol. The van der Waals surface area contributed by atoms with Crippen LogP contribution >= 0.6 is 0 Å². The fraction of sp³-hybridized carbons (Fsp3) is 0.242. The van der Waals surface area contributed by atoms with Gasteiger partial charge >= 0.3 is 0 Å². The molecule has 0 radical (unpaired) electrons. The van der Waals surface area contributed by atoms with Crippen molar-refractivity contribution in [3.8, 4) is 22.5 Å². The molecule has 3 aromatic carbocycles. The van der Waals surface area contributed by atoms with Crippen LogP contribution in [0.25, 0.3) is 22.5 Å². The van der Waals surface area contributed by atoms with E-state index in [0.29, 0.717) is 30.9 Å². The number of imidazole rings is 1. The van der Waals surface area contributed by atoms with Crippen LogP contribution < -0.4 is 0 Å². The molecule has 1 N–H and O–H groups in total. The molecule has 0 spiro atoms. The summed E-state index contributed by atoms with van der Waals surface area (Å²) in [4.78, 5) is 47.3. The number of aromatic nitrogens is 6. The van der Waals surface area contributed by atoms with E-state index >= 15 is 0 Å². The summed E-state index contributed by atoms with van der Waals surface area (Å²) in [6.45, 7) is 2.96. The summed E-state index contributed by atoms with van der Waals surface area (Å²) in [5, 5.41) is 14.5. The molecule has 2 aliphatic rings. The molecule has 4 heterocycles.